The largest absolute Gasteiger partial charge is 0.465 e. The fourth-order valence-corrected chi connectivity index (χ4v) is 20.8. The lowest BCUT2D eigenvalue weighted by atomic mass is 9.73. The third-order valence-corrected chi connectivity index (χ3v) is 29.5. The zero-order valence-electron chi connectivity index (χ0n) is 65.8. The lowest BCUT2D eigenvalue weighted by molar-refractivity contribution is -0.172. The number of hydrogen-bond acceptors (Lipinski definition) is 26. The first kappa shape index (κ1) is 79.6. The molecule has 12 bridgehead atoms. The Balaban J connectivity index is 0.000000114. The van der Waals surface area contributed by atoms with Gasteiger partial charge in [-0.05, 0) is 163 Å². The van der Waals surface area contributed by atoms with Crippen LogP contribution in [0, 0.1) is 128 Å². The van der Waals surface area contributed by atoms with E-state index < -0.39 is 40.0 Å². The molecule has 10 aliphatic heterocycles. The molecule has 18 aliphatic rings. The summed E-state index contributed by atoms with van der Waals surface area (Å²) in [6, 6.07) is 0. The summed E-state index contributed by atoms with van der Waals surface area (Å²) in [4.78, 5) is 142. The van der Waals surface area contributed by atoms with E-state index in [2.05, 4.69) is 0 Å². The Bertz CT molecular complexity index is 3520. The predicted molar refractivity (Wildman–Crippen MR) is 375 cm³/mol. The Labute approximate surface area is 633 Å². The van der Waals surface area contributed by atoms with Gasteiger partial charge in [0, 0.05) is 47.3 Å². The first-order valence-corrected chi connectivity index (χ1v) is 40.7. The van der Waals surface area contributed by atoms with Gasteiger partial charge < -0.3 is 66.3 Å². The molecule has 108 heavy (non-hydrogen) atoms. The zero-order chi connectivity index (χ0) is 78.0. The Morgan fingerprint density at radius 1 is 0.398 bits per heavy atom. The lowest BCUT2D eigenvalue weighted by Crippen LogP contribution is -2.45. The number of carbonyl (C=O) groups is 12. The molecule has 0 N–H and O–H groups in total. The minimum absolute atomic E-state index is 0.000856. The Kier molecular flexibility index (Phi) is 22.3. The van der Waals surface area contributed by atoms with Crippen LogP contribution >= 0.6 is 0 Å². The van der Waals surface area contributed by atoms with Crippen LogP contribution in [0.3, 0.4) is 0 Å². The Morgan fingerprint density at radius 3 is 1.31 bits per heavy atom. The molecule has 0 radical (unpaired) electrons. The summed E-state index contributed by atoms with van der Waals surface area (Å²) < 4.78 is 76.5. The maximum Gasteiger partial charge on any atom is 0.316 e. The minimum atomic E-state index is -0.604. The fraction of sp³-hybridized carbons (Fsp3) is 0.854. The van der Waals surface area contributed by atoms with Gasteiger partial charge in [-0.15, -0.1) is 0 Å². The summed E-state index contributed by atoms with van der Waals surface area (Å²) in [5, 5.41) is 0. The topological polar surface area (TPSA) is 334 Å². The number of ether oxygens (including phenoxy) is 14. The van der Waals surface area contributed by atoms with Crippen LogP contribution in [0.2, 0.25) is 0 Å². The molecule has 0 amide bonds. The summed E-state index contributed by atoms with van der Waals surface area (Å²) in [6.07, 6.45) is 10.6. The van der Waals surface area contributed by atoms with Crippen molar-refractivity contribution in [2.24, 2.45) is 128 Å². The molecule has 8 aliphatic carbocycles. The highest BCUT2D eigenvalue weighted by Gasteiger charge is 2.72. The number of hydrogen-bond donors (Lipinski definition) is 0. The van der Waals surface area contributed by atoms with E-state index >= 15 is 0 Å². The normalized spacial score (nSPS) is 42.4. The monoisotopic (exact) mass is 1520 g/mol. The highest BCUT2D eigenvalue weighted by molar-refractivity contribution is 5.84. The van der Waals surface area contributed by atoms with Crippen molar-refractivity contribution in [3.63, 3.8) is 0 Å². The molecule has 0 spiro atoms. The average molecular weight is 1520 g/mol. The van der Waals surface area contributed by atoms with Crippen LogP contribution < -0.4 is 0 Å². The number of cyclic esters (lactones) is 2. The number of rotatable bonds is 18. The average Bonchev–Trinajstić information content (AvgIpc) is 1.54. The molecule has 0 aromatic heterocycles. The molecule has 18 fully saturated rings. The molecule has 10 saturated heterocycles. The van der Waals surface area contributed by atoms with E-state index in [1.807, 2.05) is 111 Å². The van der Waals surface area contributed by atoms with Gasteiger partial charge in [-0.25, -0.2) is 0 Å². The van der Waals surface area contributed by atoms with Gasteiger partial charge in [-0.2, -0.15) is 0 Å². The first-order valence-electron chi connectivity index (χ1n) is 40.7. The van der Waals surface area contributed by atoms with Crippen LogP contribution in [0.4, 0.5) is 0 Å². The molecule has 10 heterocycles. The summed E-state index contributed by atoms with van der Waals surface area (Å²) in [6.45, 7) is 31.7. The van der Waals surface area contributed by atoms with E-state index in [1.54, 1.807) is 0 Å². The minimum Gasteiger partial charge on any atom is -0.465 e. The maximum atomic E-state index is 12.3. The first-order chi connectivity index (χ1) is 51.0. The summed E-state index contributed by atoms with van der Waals surface area (Å²) in [5.74, 6) is 0.873. The van der Waals surface area contributed by atoms with Gasteiger partial charge in [0.25, 0.3) is 0 Å². The van der Waals surface area contributed by atoms with E-state index in [9.17, 15) is 57.5 Å². The van der Waals surface area contributed by atoms with Crippen molar-refractivity contribution in [1.29, 1.82) is 0 Å². The molecular weight excluding hydrogens is 1400 g/mol. The van der Waals surface area contributed by atoms with Crippen molar-refractivity contribution >= 4 is 71.6 Å². The zero-order valence-corrected chi connectivity index (χ0v) is 65.8. The van der Waals surface area contributed by atoms with Crippen LogP contribution in [0.5, 0.6) is 0 Å². The highest BCUT2D eigenvalue weighted by Crippen LogP contribution is 2.64. The third kappa shape index (κ3) is 14.0. The number of fused-ring (bicyclic) bond motifs is 14. The number of carbonyl (C=O) groups excluding carboxylic acids is 12. The fourth-order valence-electron chi connectivity index (χ4n) is 20.8. The van der Waals surface area contributed by atoms with Gasteiger partial charge in [0.15, 0.2) is 24.4 Å². The van der Waals surface area contributed by atoms with Gasteiger partial charge in [-0.3, -0.25) is 57.5 Å². The summed E-state index contributed by atoms with van der Waals surface area (Å²) >= 11 is 0. The summed E-state index contributed by atoms with van der Waals surface area (Å²) in [5.41, 5.74) is -2.01. The second kappa shape index (κ2) is 30.2. The second-order valence-corrected chi connectivity index (χ2v) is 36.7. The van der Waals surface area contributed by atoms with Crippen LogP contribution in [-0.2, 0) is 124 Å². The van der Waals surface area contributed by atoms with Crippen LogP contribution in [0.15, 0.2) is 0 Å². The number of esters is 12. The van der Waals surface area contributed by atoms with Gasteiger partial charge in [0.2, 0.25) is 0 Å². The van der Waals surface area contributed by atoms with E-state index in [4.69, 9.17) is 66.3 Å². The maximum absolute atomic E-state index is 12.3. The second-order valence-electron chi connectivity index (χ2n) is 36.7. The van der Waals surface area contributed by atoms with E-state index in [0.717, 1.165) is 83.5 Å². The standard InChI is InChI=1S/2C15H22O4.C14H20O4.C13H18O5.C13H18O4.C12H16O5/c1-5-14(2,3)12(16)19-11-8-6-9-10(7-8)18-13(17)15(9,11)4;1-4-15(2,3)14(17)19-11-6-8-5-9(11)10-7-18-13(16)12(8)10;1-3-7(2)13(15)18-11-5-8-4-9(11)10-6-17-14(16)12(8)10;1-4-13(2,3)12(15)18-9-7-5-6-8(16-7)10(9)17-11(6)14;1-3-6(2)12(14)17-11-7-4-8-9(5-7)16-13(15)10(8)11;1-3-5(2)11(13)16-9-7-4-6-8(15-7)10(9)17-12(6)14/h8-11H,5-7H2,1-4H3;8-12H,4-7H2,1-3H3;7-12H,3-6H2,1-2H3;6-10H,4-5H2,1-3H3;6-11H,3-5H2,1-2H3;5-10H,3-4H2,1-2H3. The molecule has 26 heteroatoms. The van der Waals surface area contributed by atoms with Crippen molar-refractivity contribution in [3.05, 3.63) is 0 Å². The van der Waals surface area contributed by atoms with E-state index in [0.29, 0.717) is 79.8 Å². The quantitative estimate of drug-likeness (QED) is 0.0910. The van der Waals surface area contributed by atoms with Crippen LogP contribution in [0.1, 0.15) is 214 Å². The third-order valence-electron chi connectivity index (χ3n) is 29.5. The van der Waals surface area contributed by atoms with E-state index in [1.165, 1.54) is 0 Å². The molecule has 26 nitrogen and oxygen atoms in total. The van der Waals surface area contributed by atoms with Crippen LogP contribution in [0.25, 0.3) is 0 Å². The molecule has 33 atom stereocenters. The van der Waals surface area contributed by atoms with Crippen molar-refractivity contribution < 1.29 is 124 Å². The molecule has 0 aromatic carbocycles. The lowest BCUT2D eigenvalue weighted by Gasteiger charge is -2.34. The smallest absolute Gasteiger partial charge is 0.316 e. The molecule has 8 saturated carbocycles. The Morgan fingerprint density at radius 2 is 0.824 bits per heavy atom. The Hall–Kier alpha value is -6.44. The van der Waals surface area contributed by atoms with Crippen molar-refractivity contribution in [1.82, 2.24) is 0 Å². The van der Waals surface area contributed by atoms with E-state index in [-0.39, 0.29) is 198 Å². The van der Waals surface area contributed by atoms with Crippen molar-refractivity contribution in [2.45, 2.75) is 299 Å². The van der Waals surface area contributed by atoms with Gasteiger partial charge in [0.05, 0.1) is 83.1 Å². The molecule has 33 unspecified atom stereocenters. The van der Waals surface area contributed by atoms with Gasteiger partial charge in [-0.1, -0.05) is 62.3 Å². The van der Waals surface area contributed by atoms with Crippen molar-refractivity contribution in [2.75, 3.05) is 13.2 Å². The van der Waals surface area contributed by atoms with Gasteiger partial charge >= 0.3 is 71.6 Å². The molecule has 18 rings (SSSR count). The predicted octanol–water partition coefficient (Wildman–Crippen LogP) is 9.47. The molecular formula is C82H116O26. The SMILES string of the molecule is CCC(C)(C)C(=O)OC1C2CC3C(=O)OC1C3O2.CCC(C)(C)C(=O)OC1C2CC3OC(=O)C1(C)C3C2.CCC(C)(C)C(=O)OC1CC2CC1C1COC(=O)C21.CCC(C)C(=O)OC1C2CC3C(=O)OC1C3O2.CCC(C)C(=O)OC1C2CC3OC(=O)C1C3C2.CCC(C)C(=O)OC1CC2CC1C1COC(=O)C21. The van der Waals surface area contributed by atoms with Crippen LogP contribution in [-0.4, -0.2) is 170 Å². The molecule has 0 aromatic rings. The van der Waals surface area contributed by atoms with Crippen molar-refractivity contribution in [3.8, 4) is 0 Å². The molecule has 600 valence electrons. The summed E-state index contributed by atoms with van der Waals surface area (Å²) in [7, 11) is 0. The van der Waals surface area contributed by atoms with Gasteiger partial charge in [0.1, 0.15) is 60.2 Å². The highest BCUT2D eigenvalue weighted by atomic mass is 16.7.